The average molecular weight is 181 g/mol. The number of rotatable bonds is 4. The average Bonchev–Trinajstić information content (AvgIpc) is 2.87. The van der Waals surface area contributed by atoms with Crippen LogP contribution in [0.5, 0.6) is 0 Å². The van der Waals surface area contributed by atoms with Crippen molar-refractivity contribution in [3.8, 4) is 0 Å². The Balaban J connectivity index is 1.95. The molecule has 5 nitrogen and oxygen atoms in total. The number of tetrazole rings is 1. The highest BCUT2D eigenvalue weighted by Crippen LogP contribution is 2.33. The van der Waals surface area contributed by atoms with E-state index in [0.29, 0.717) is 6.04 Å². The Hall–Kier alpha value is -0.970. The first-order chi connectivity index (χ1) is 6.29. The predicted molar refractivity (Wildman–Crippen MR) is 48.1 cm³/mol. The van der Waals surface area contributed by atoms with Crippen LogP contribution in [-0.2, 0) is 13.5 Å². The van der Waals surface area contributed by atoms with Crippen molar-refractivity contribution in [1.82, 2.24) is 25.5 Å². The third kappa shape index (κ3) is 2.03. The van der Waals surface area contributed by atoms with Crippen LogP contribution in [0.4, 0.5) is 0 Å². The Morgan fingerprint density at radius 3 is 2.85 bits per heavy atom. The maximum atomic E-state index is 4.16. The SMILES string of the molecule is CNC(Cc1nnn(C)n1)C1CC1. The first-order valence-corrected chi connectivity index (χ1v) is 4.69. The molecule has 13 heavy (non-hydrogen) atoms. The number of hydrogen-bond acceptors (Lipinski definition) is 4. The molecule has 1 fully saturated rings. The Morgan fingerprint density at radius 2 is 2.38 bits per heavy atom. The van der Waals surface area contributed by atoms with E-state index in [1.54, 1.807) is 7.05 Å². The molecule has 1 aromatic heterocycles. The summed E-state index contributed by atoms with van der Waals surface area (Å²) in [7, 11) is 3.79. The minimum atomic E-state index is 0.532. The fourth-order valence-corrected chi connectivity index (χ4v) is 1.60. The van der Waals surface area contributed by atoms with Crippen molar-refractivity contribution in [2.45, 2.75) is 25.3 Å². The van der Waals surface area contributed by atoms with Crippen LogP contribution in [0.3, 0.4) is 0 Å². The van der Waals surface area contributed by atoms with E-state index in [2.05, 4.69) is 20.7 Å². The second-order valence-corrected chi connectivity index (χ2v) is 3.63. The highest BCUT2D eigenvalue weighted by Gasteiger charge is 2.30. The summed E-state index contributed by atoms with van der Waals surface area (Å²) in [6, 6.07) is 0.532. The van der Waals surface area contributed by atoms with Crippen LogP contribution in [-0.4, -0.2) is 33.3 Å². The van der Waals surface area contributed by atoms with Crippen LogP contribution in [0.2, 0.25) is 0 Å². The van der Waals surface area contributed by atoms with Crippen LogP contribution in [0.1, 0.15) is 18.7 Å². The molecule has 5 heteroatoms. The van der Waals surface area contributed by atoms with Gasteiger partial charge in [0.2, 0.25) is 0 Å². The molecule has 0 spiro atoms. The largest absolute Gasteiger partial charge is 0.316 e. The predicted octanol–water partition coefficient (Wildman–Crippen LogP) is -0.249. The third-order valence-corrected chi connectivity index (χ3v) is 2.51. The molecule has 1 heterocycles. The van der Waals surface area contributed by atoms with Gasteiger partial charge in [-0.1, -0.05) is 0 Å². The van der Waals surface area contributed by atoms with E-state index in [0.717, 1.165) is 18.2 Å². The summed E-state index contributed by atoms with van der Waals surface area (Å²) >= 11 is 0. The van der Waals surface area contributed by atoms with Gasteiger partial charge in [0.15, 0.2) is 5.82 Å². The summed E-state index contributed by atoms with van der Waals surface area (Å²) in [6.45, 7) is 0. The van der Waals surface area contributed by atoms with Gasteiger partial charge in [0.25, 0.3) is 0 Å². The van der Waals surface area contributed by atoms with Crippen molar-refractivity contribution < 1.29 is 0 Å². The molecule has 72 valence electrons. The van der Waals surface area contributed by atoms with Gasteiger partial charge < -0.3 is 5.32 Å². The van der Waals surface area contributed by atoms with Gasteiger partial charge in [0.05, 0.1) is 7.05 Å². The van der Waals surface area contributed by atoms with Crippen LogP contribution in [0.25, 0.3) is 0 Å². The van der Waals surface area contributed by atoms with E-state index in [-0.39, 0.29) is 0 Å². The van der Waals surface area contributed by atoms with Gasteiger partial charge in [0.1, 0.15) is 0 Å². The fraction of sp³-hybridized carbons (Fsp3) is 0.875. The topological polar surface area (TPSA) is 55.6 Å². The molecule has 2 rings (SSSR count). The minimum absolute atomic E-state index is 0.532. The number of aryl methyl sites for hydroxylation is 1. The lowest BCUT2D eigenvalue weighted by molar-refractivity contribution is 0.488. The van der Waals surface area contributed by atoms with Gasteiger partial charge in [0, 0.05) is 12.5 Å². The second kappa shape index (κ2) is 3.41. The van der Waals surface area contributed by atoms with Crippen LogP contribution in [0, 0.1) is 5.92 Å². The van der Waals surface area contributed by atoms with E-state index in [4.69, 9.17) is 0 Å². The molecule has 1 unspecified atom stereocenters. The van der Waals surface area contributed by atoms with Gasteiger partial charge in [-0.3, -0.25) is 0 Å². The number of likely N-dealkylation sites (N-methyl/N-ethyl adjacent to an activating group) is 1. The lowest BCUT2D eigenvalue weighted by atomic mass is 10.1. The standard InChI is InChI=1S/C8H15N5/c1-9-7(6-3-4-6)5-8-10-12-13(2)11-8/h6-7,9H,3-5H2,1-2H3. The van der Waals surface area contributed by atoms with Gasteiger partial charge >= 0.3 is 0 Å². The molecular formula is C8H15N5. The maximum Gasteiger partial charge on any atom is 0.176 e. The van der Waals surface area contributed by atoms with E-state index < -0.39 is 0 Å². The van der Waals surface area contributed by atoms with Crippen LogP contribution < -0.4 is 5.32 Å². The molecule has 1 atom stereocenters. The molecule has 1 saturated carbocycles. The molecule has 0 aliphatic heterocycles. The zero-order valence-electron chi connectivity index (χ0n) is 8.06. The van der Waals surface area contributed by atoms with Crippen molar-refractivity contribution in [2.24, 2.45) is 13.0 Å². The molecule has 1 aliphatic rings. The lowest BCUT2D eigenvalue weighted by Gasteiger charge is -2.11. The van der Waals surface area contributed by atoms with Crippen molar-refractivity contribution >= 4 is 0 Å². The van der Waals surface area contributed by atoms with Crippen molar-refractivity contribution in [3.05, 3.63) is 5.82 Å². The van der Waals surface area contributed by atoms with Gasteiger partial charge in [-0.25, -0.2) is 0 Å². The van der Waals surface area contributed by atoms with Gasteiger partial charge in [-0.2, -0.15) is 4.80 Å². The van der Waals surface area contributed by atoms with Crippen molar-refractivity contribution in [2.75, 3.05) is 7.05 Å². The Morgan fingerprint density at radius 1 is 1.62 bits per heavy atom. The summed E-state index contributed by atoms with van der Waals surface area (Å²) in [5.41, 5.74) is 0. The zero-order valence-corrected chi connectivity index (χ0v) is 8.06. The molecule has 0 radical (unpaired) electrons. The Labute approximate surface area is 77.5 Å². The maximum absolute atomic E-state index is 4.16. The highest BCUT2D eigenvalue weighted by molar-refractivity contribution is 4.92. The van der Waals surface area contributed by atoms with E-state index in [1.165, 1.54) is 17.6 Å². The summed E-state index contributed by atoms with van der Waals surface area (Å²) < 4.78 is 0. The molecule has 1 aliphatic carbocycles. The number of hydrogen-bond donors (Lipinski definition) is 1. The number of aromatic nitrogens is 4. The first kappa shape index (κ1) is 8.62. The monoisotopic (exact) mass is 181 g/mol. The van der Waals surface area contributed by atoms with Gasteiger partial charge in [-0.05, 0) is 31.0 Å². The molecular weight excluding hydrogens is 166 g/mol. The summed E-state index contributed by atoms with van der Waals surface area (Å²) in [4.78, 5) is 1.51. The number of nitrogens with zero attached hydrogens (tertiary/aromatic N) is 4. The van der Waals surface area contributed by atoms with E-state index in [1.807, 2.05) is 7.05 Å². The van der Waals surface area contributed by atoms with Crippen LogP contribution >= 0.6 is 0 Å². The quantitative estimate of drug-likeness (QED) is 0.696. The number of nitrogens with one attached hydrogen (secondary N) is 1. The first-order valence-electron chi connectivity index (χ1n) is 4.69. The van der Waals surface area contributed by atoms with E-state index >= 15 is 0 Å². The smallest absolute Gasteiger partial charge is 0.176 e. The minimum Gasteiger partial charge on any atom is -0.316 e. The Bertz CT molecular complexity index is 278. The fourth-order valence-electron chi connectivity index (χ4n) is 1.60. The molecule has 1 N–H and O–H groups in total. The van der Waals surface area contributed by atoms with E-state index in [9.17, 15) is 0 Å². The van der Waals surface area contributed by atoms with Crippen molar-refractivity contribution in [3.63, 3.8) is 0 Å². The normalized spacial score (nSPS) is 18.9. The lowest BCUT2D eigenvalue weighted by Crippen LogP contribution is -2.30. The zero-order chi connectivity index (χ0) is 9.26. The van der Waals surface area contributed by atoms with Gasteiger partial charge in [-0.15, -0.1) is 10.2 Å². The molecule has 0 aromatic carbocycles. The second-order valence-electron chi connectivity index (χ2n) is 3.63. The molecule has 0 amide bonds. The molecule has 1 aromatic rings. The van der Waals surface area contributed by atoms with Crippen LogP contribution in [0.15, 0.2) is 0 Å². The summed E-state index contributed by atoms with van der Waals surface area (Å²) in [5, 5.41) is 15.3. The Kier molecular flexibility index (Phi) is 2.26. The summed E-state index contributed by atoms with van der Waals surface area (Å²) in [6.07, 6.45) is 3.58. The molecule has 0 bridgehead atoms. The van der Waals surface area contributed by atoms with Crippen molar-refractivity contribution in [1.29, 1.82) is 0 Å². The summed E-state index contributed by atoms with van der Waals surface area (Å²) in [5.74, 6) is 1.67. The highest BCUT2D eigenvalue weighted by atomic mass is 15.6. The third-order valence-electron chi connectivity index (χ3n) is 2.51. The molecule has 0 saturated heterocycles.